The van der Waals surface area contributed by atoms with Crippen LogP contribution in [0.5, 0.6) is 5.95 Å². The van der Waals surface area contributed by atoms with E-state index in [4.69, 9.17) is 4.42 Å². The zero-order chi connectivity index (χ0) is 17.1. The number of oxazole rings is 1. The van der Waals surface area contributed by atoms with E-state index >= 15 is 0 Å². The number of halogens is 1. The highest BCUT2D eigenvalue weighted by atomic mass is 79.9. The summed E-state index contributed by atoms with van der Waals surface area (Å²) in [6.07, 6.45) is 1.42. The number of nitrogens with zero attached hydrogens (tertiary/aromatic N) is 2. The summed E-state index contributed by atoms with van der Waals surface area (Å²) in [5.74, 6) is 0.0178. The molecule has 120 valence electrons. The lowest BCUT2D eigenvalue weighted by Crippen LogP contribution is -1.89. The molecule has 0 unspecified atom stereocenters. The Morgan fingerprint density at radius 1 is 1.17 bits per heavy atom. The zero-order valence-corrected chi connectivity index (χ0v) is 14.3. The molecule has 0 saturated heterocycles. The van der Waals surface area contributed by atoms with Gasteiger partial charge >= 0.3 is 5.95 Å². The van der Waals surface area contributed by atoms with Crippen molar-refractivity contribution in [3.8, 4) is 17.4 Å². The van der Waals surface area contributed by atoms with Gasteiger partial charge in [0.1, 0.15) is 0 Å². The van der Waals surface area contributed by atoms with Crippen LogP contribution >= 0.6 is 15.9 Å². The lowest BCUT2D eigenvalue weighted by Gasteiger charge is -1.96. The number of carbonyl (C=O) groups is 1. The SMILES string of the molecule is CC(=O)c1ccc(N=Cc2nc(-c3ccc(Br)cc3)oc2O)cc1. The van der Waals surface area contributed by atoms with Crippen LogP contribution in [0.2, 0.25) is 0 Å². The summed E-state index contributed by atoms with van der Waals surface area (Å²) in [4.78, 5) is 19.7. The van der Waals surface area contributed by atoms with Gasteiger partial charge in [-0.15, -0.1) is 0 Å². The number of rotatable bonds is 4. The van der Waals surface area contributed by atoms with Crippen molar-refractivity contribution >= 4 is 33.6 Å². The van der Waals surface area contributed by atoms with Crippen LogP contribution in [0.1, 0.15) is 23.0 Å². The van der Waals surface area contributed by atoms with Crippen LogP contribution in [-0.2, 0) is 0 Å². The second-order valence-electron chi connectivity index (χ2n) is 5.08. The zero-order valence-electron chi connectivity index (χ0n) is 12.7. The average Bonchev–Trinajstić information content (AvgIpc) is 2.95. The van der Waals surface area contributed by atoms with Crippen LogP contribution in [0.3, 0.4) is 0 Å². The Kier molecular flexibility index (Phi) is 4.57. The molecule has 6 heteroatoms. The maximum absolute atomic E-state index is 11.2. The number of aromatic hydroxyl groups is 1. The third kappa shape index (κ3) is 3.60. The monoisotopic (exact) mass is 384 g/mol. The first-order chi connectivity index (χ1) is 11.5. The van der Waals surface area contributed by atoms with E-state index in [9.17, 15) is 9.90 Å². The van der Waals surface area contributed by atoms with Crippen LogP contribution in [0.25, 0.3) is 11.5 Å². The summed E-state index contributed by atoms with van der Waals surface area (Å²) in [6, 6.07) is 14.2. The van der Waals surface area contributed by atoms with Crippen molar-refractivity contribution in [3.63, 3.8) is 0 Å². The highest BCUT2D eigenvalue weighted by Gasteiger charge is 2.12. The first kappa shape index (κ1) is 16.1. The van der Waals surface area contributed by atoms with Crippen LogP contribution in [0.15, 0.2) is 62.4 Å². The largest absolute Gasteiger partial charge is 0.479 e. The molecular weight excluding hydrogens is 372 g/mol. The number of aliphatic imine (C=N–C) groups is 1. The number of ketones is 1. The van der Waals surface area contributed by atoms with Gasteiger partial charge in [-0.1, -0.05) is 15.9 Å². The Balaban J connectivity index is 1.82. The Labute approximate surface area is 146 Å². The molecule has 0 saturated carbocycles. The van der Waals surface area contributed by atoms with E-state index < -0.39 is 0 Å². The van der Waals surface area contributed by atoms with Crippen molar-refractivity contribution in [2.24, 2.45) is 4.99 Å². The van der Waals surface area contributed by atoms with Gasteiger partial charge in [-0.05, 0) is 55.5 Å². The van der Waals surface area contributed by atoms with Gasteiger partial charge in [0, 0.05) is 15.6 Å². The molecule has 0 bridgehead atoms. The Morgan fingerprint density at radius 3 is 2.46 bits per heavy atom. The van der Waals surface area contributed by atoms with Crippen molar-refractivity contribution in [2.45, 2.75) is 6.92 Å². The third-order valence-corrected chi connectivity index (χ3v) is 3.86. The Bertz CT molecular complexity index is 897. The van der Waals surface area contributed by atoms with E-state index in [0.29, 0.717) is 17.1 Å². The fourth-order valence-electron chi connectivity index (χ4n) is 2.04. The Morgan fingerprint density at radius 2 is 1.83 bits per heavy atom. The second kappa shape index (κ2) is 6.80. The fraction of sp³-hybridized carbons (Fsp3) is 0.0556. The topological polar surface area (TPSA) is 75.7 Å². The quantitative estimate of drug-likeness (QED) is 0.519. The summed E-state index contributed by atoms with van der Waals surface area (Å²) in [5, 5.41) is 9.87. The molecule has 3 aromatic rings. The van der Waals surface area contributed by atoms with E-state index in [1.807, 2.05) is 24.3 Å². The number of carbonyl (C=O) groups excluding carboxylic acids is 1. The molecule has 0 radical (unpaired) electrons. The number of hydrogen-bond donors (Lipinski definition) is 1. The minimum atomic E-state index is -0.294. The van der Waals surface area contributed by atoms with Crippen molar-refractivity contribution < 1.29 is 14.3 Å². The standard InChI is InChI=1S/C18H13BrN2O3/c1-11(22)12-4-8-15(9-5-12)20-10-16-18(23)24-17(21-16)13-2-6-14(19)7-3-13/h2-10,23H,1H3. The van der Waals surface area contributed by atoms with Gasteiger partial charge in [-0.25, -0.2) is 4.98 Å². The van der Waals surface area contributed by atoms with Crippen LogP contribution < -0.4 is 0 Å². The van der Waals surface area contributed by atoms with Crippen molar-refractivity contribution in [3.05, 3.63) is 64.3 Å². The first-order valence-electron chi connectivity index (χ1n) is 7.14. The highest BCUT2D eigenvalue weighted by Crippen LogP contribution is 2.27. The van der Waals surface area contributed by atoms with E-state index in [1.54, 1.807) is 24.3 Å². The minimum Gasteiger partial charge on any atom is -0.479 e. The molecular formula is C18H13BrN2O3. The first-order valence-corrected chi connectivity index (χ1v) is 7.93. The Hall–Kier alpha value is -2.73. The third-order valence-electron chi connectivity index (χ3n) is 3.34. The predicted octanol–water partition coefficient (Wildman–Crippen LogP) is 4.76. The smallest absolute Gasteiger partial charge is 0.312 e. The normalized spacial score (nSPS) is 11.1. The molecule has 0 aliphatic carbocycles. The molecule has 24 heavy (non-hydrogen) atoms. The number of hydrogen-bond acceptors (Lipinski definition) is 5. The van der Waals surface area contributed by atoms with Gasteiger partial charge in [0.2, 0.25) is 5.89 Å². The van der Waals surface area contributed by atoms with Gasteiger partial charge < -0.3 is 9.52 Å². The number of aromatic nitrogens is 1. The summed E-state index contributed by atoms with van der Waals surface area (Å²) in [6.45, 7) is 1.51. The minimum absolute atomic E-state index is 0.00110. The van der Waals surface area contributed by atoms with Gasteiger partial charge in [-0.2, -0.15) is 0 Å². The molecule has 5 nitrogen and oxygen atoms in total. The number of Topliss-reactive ketones (excluding diaryl/α,β-unsaturated/α-hetero) is 1. The van der Waals surface area contributed by atoms with Gasteiger partial charge in [-0.3, -0.25) is 9.79 Å². The van der Waals surface area contributed by atoms with Crippen molar-refractivity contribution in [2.75, 3.05) is 0 Å². The molecule has 2 aromatic carbocycles. The maximum atomic E-state index is 11.2. The van der Waals surface area contributed by atoms with Crippen molar-refractivity contribution in [1.29, 1.82) is 0 Å². The molecule has 3 rings (SSSR count). The van der Waals surface area contributed by atoms with Crippen LogP contribution in [-0.4, -0.2) is 22.1 Å². The van der Waals surface area contributed by atoms with Gasteiger partial charge in [0.25, 0.3) is 0 Å². The fourth-order valence-corrected chi connectivity index (χ4v) is 2.31. The molecule has 0 amide bonds. The number of benzene rings is 2. The predicted molar refractivity (Wildman–Crippen MR) is 95.0 cm³/mol. The molecule has 0 spiro atoms. The highest BCUT2D eigenvalue weighted by molar-refractivity contribution is 9.10. The summed E-state index contributed by atoms with van der Waals surface area (Å²) < 4.78 is 6.22. The lowest BCUT2D eigenvalue weighted by molar-refractivity contribution is 0.101. The van der Waals surface area contributed by atoms with Gasteiger partial charge in [0.05, 0.1) is 11.9 Å². The molecule has 0 atom stereocenters. The molecule has 0 aliphatic rings. The second-order valence-corrected chi connectivity index (χ2v) is 5.99. The molecule has 0 aliphatic heterocycles. The average molecular weight is 385 g/mol. The van der Waals surface area contributed by atoms with E-state index in [1.165, 1.54) is 13.1 Å². The van der Waals surface area contributed by atoms with Crippen LogP contribution in [0.4, 0.5) is 5.69 Å². The van der Waals surface area contributed by atoms with Crippen LogP contribution in [0, 0.1) is 0 Å². The van der Waals surface area contributed by atoms with Crippen molar-refractivity contribution in [1.82, 2.24) is 4.98 Å². The van der Waals surface area contributed by atoms with E-state index in [2.05, 4.69) is 25.9 Å². The molecule has 1 heterocycles. The lowest BCUT2D eigenvalue weighted by atomic mass is 10.1. The summed E-state index contributed by atoms with van der Waals surface area (Å²) in [7, 11) is 0. The molecule has 0 fully saturated rings. The van der Waals surface area contributed by atoms with E-state index in [0.717, 1.165) is 10.0 Å². The maximum Gasteiger partial charge on any atom is 0.312 e. The molecule has 1 N–H and O–H groups in total. The summed E-state index contributed by atoms with van der Waals surface area (Å²) in [5.41, 5.74) is 2.26. The van der Waals surface area contributed by atoms with Gasteiger partial charge in [0.15, 0.2) is 11.5 Å². The molecule has 1 aromatic heterocycles. The van der Waals surface area contributed by atoms with E-state index in [-0.39, 0.29) is 17.4 Å². The summed E-state index contributed by atoms with van der Waals surface area (Å²) >= 11 is 3.36.